The summed E-state index contributed by atoms with van der Waals surface area (Å²) in [6.07, 6.45) is 2.34. The first kappa shape index (κ1) is 13.2. The van der Waals surface area contributed by atoms with Gasteiger partial charge in [-0.1, -0.05) is 40.5 Å². The van der Waals surface area contributed by atoms with E-state index in [-0.39, 0.29) is 18.9 Å². The molecular weight excluding hydrogens is 117 g/mol. The second-order valence-corrected chi connectivity index (χ2v) is 2.66. The smallest absolute Gasteiger partial charge is 0.657 e. The van der Waals surface area contributed by atoms with Crippen molar-refractivity contribution in [1.82, 2.24) is 0 Å². The van der Waals surface area contributed by atoms with E-state index in [0.717, 1.165) is 0 Å². The van der Waals surface area contributed by atoms with Crippen LogP contribution in [0.15, 0.2) is 0 Å². The molecule has 0 N–H and O–H groups in total. The van der Waals surface area contributed by atoms with E-state index in [9.17, 15) is 0 Å². The molecular formula is C8H18LiN. The van der Waals surface area contributed by atoms with Crippen LogP contribution in [0.3, 0.4) is 0 Å². The third-order valence-electron chi connectivity index (χ3n) is 1.69. The fourth-order valence-electron chi connectivity index (χ4n) is 0.645. The Balaban J connectivity index is 0. The Morgan fingerprint density at radius 1 is 1.00 bits per heavy atom. The Hall–Kier alpha value is 0.557. The fourth-order valence-corrected chi connectivity index (χ4v) is 0.645. The summed E-state index contributed by atoms with van der Waals surface area (Å²) in [7, 11) is 0. The zero-order valence-electron chi connectivity index (χ0n) is 8.02. The van der Waals surface area contributed by atoms with Gasteiger partial charge in [0, 0.05) is 0 Å². The number of rotatable bonds is 4. The van der Waals surface area contributed by atoms with E-state index in [0.29, 0.717) is 12.1 Å². The maximum atomic E-state index is 4.51. The van der Waals surface area contributed by atoms with Crippen LogP contribution < -0.4 is 18.9 Å². The maximum Gasteiger partial charge on any atom is 1.00 e. The summed E-state index contributed by atoms with van der Waals surface area (Å²) in [5, 5.41) is 4.51. The summed E-state index contributed by atoms with van der Waals surface area (Å²) in [5.74, 6) is 0. The first-order valence-corrected chi connectivity index (χ1v) is 3.90. The van der Waals surface area contributed by atoms with E-state index >= 15 is 0 Å². The van der Waals surface area contributed by atoms with Crippen molar-refractivity contribution in [3.05, 3.63) is 5.32 Å². The van der Waals surface area contributed by atoms with Gasteiger partial charge in [-0.05, 0) is 0 Å². The molecule has 0 amide bonds. The SMILES string of the molecule is CCC(C)[N-]C(C)CC.[Li+]. The molecule has 0 radical (unpaired) electrons. The van der Waals surface area contributed by atoms with Gasteiger partial charge in [0.05, 0.1) is 0 Å². The fraction of sp³-hybridized carbons (Fsp3) is 1.00. The Bertz CT molecular complexity index is 58.3. The van der Waals surface area contributed by atoms with E-state index in [1.54, 1.807) is 0 Å². The summed E-state index contributed by atoms with van der Waals surface area (Å²) in [6, 6.07) is 1.11. The minimum Gasteiger partial charge on any atom is -0.657 e. The van der Waals surface area contributed by atoms with Crippen LogP contribution in [-0.4, -0.2) is 12.1 Å². The van der Waals surface area contributed by atoms with E-state index in [4.69, 9.17) is 0 Å². The standard InChI is InChI=1S/C8H18N.Li/c1-5-7(3)9-8(4)6-2;/h7-8H,5-6H2,1-4H3;/q-1;+1. The van der Waals surface area contributed by atoms with Crippen molar-refractivity contribution in [1.29, 1.82) is 0 Å². The molecule has 0 aliphatic rings. The largest absolute Gasteiger partial charge is 1.00 e. The van der Waals surface area contributed by atoms with Crippen molar-refractivity contribution in [2.45, 2.75) is 52.6 Å². The number of hydrogen-bond donors (Lipinski definition) is 0. The van der Waals surface area contributed by atoms with Crippen LogP contribution in [0.5, 0.6) is 0 Å². The van der Waals surface area contributed by atoms with Crippen LogP contribution in [0.2, 0.25) is 0 Å². The van der Waals surface area contributed by atoms with Gasteiger partial charge < -0.3 is 5.32 Å². The first-order valence-electron chi connectivity index (χ1n) is 3.90. The summed E-state index contributed by atoms with van der Waals surface area (Å²) in [4.78, 5) is 0. The van der Waals surface area contributed by atoms with Crippen molar-refractivity contribution in [3.8, 4) is 0 Å². The monoisotopic (exact) mass is 135 g/mol. The molecule has 0 aromatic heterocycles. The van der Waals surface area contributed by atoms with Crippen LogP contribution in [0.4, 0.5) is 0 Å². The molecule has 0 rings (SSSR count). The molecule has 0 fully saturated rings. The van der Waals surface area contributed by atoms with Crippen molar-refractivity contribution in [2.75, 3.05) is 0 Å². The molecule has 1 nitrogen and oxygen atoms in total. The molecule has 0 saturated carbocycles. The van der Waals surface area contributed by atoms with Crippen LogP contribution in [0.1, 0.15) is 40.5 Å². The third-order valence-corrected chi connectivity index (χ3v) is 1.69. The predicted octanol–water partition coefficient (Wildman–Crippen LogP) is -0.0389. The summed E-state index contributed by atoms with van der Waals surface area (Å²) in [6.45, 7) is 8.70. The molecule has 0 heterocycles. The van der Waals surface area contributed by atoms with Gasteiger partial charge >= 0.3 is 18.9 Å². The molecule has 0 aromatic rings. The zero-order chi connectivity index (χ0) is 7.28. The third kappa shape index (κ3) is 6.67. The molecule has 0 saturated heterocycles. The molecule has 0 aromatic carbocycles. The predicted molar refractivity (Wildman–Crippen MR) is 42.9 cm³/mol. The van der Waals surface area contributed by atoms with Gasteiger partial charge in [0.25, 0.3) is 0 Å². The molecule has 0 bridgehead atoms. The van der Waals surface area contributed by atoms with Gasteiger partial charge in [-0.3, -0.25) is 0 Å². The topological polar surface area (TPSA) is 14.1 Å². The Labute approximate surface area is 77.1 Å². The number of nitrogens with zero attached hydrogens (tertiary/aromatic N) is 1. The van der Waals surface area contributed by atoms with Gasteiger partial charge in [0.15, 0.2) is 0 Å². The van der Waals surface area contributed by atoms with Crippen molar-refractivity contribution < 1.29 is 18.9 Å². The normalized spacial score (nSPS) is 15.6. The average molecular weight is 135 g/mol. The van der Waals surface area contributed by atoms with E-state index in [2.05, 4.69) is 33.0 Å². The quantitative estimate of drug-likeness (QED) is 0.480. The van der Waals surface area contributed by atoms with Crippen LogP contribution in [0.25, 0.3) is 5.32 Å². The van der Waals surface area contributed by atoms with Gasteiger partial charge in [-0.15, -0.1) is 12.1 Å². The molecule has 0 spiro atoms. The number of hydrogen-bond acceptors (Lipinski definition) is 0. The van der Waals surface area contributed by atoms with Gasteiger partial charge in [0.1, 0.15) is 0 Å². The van der Waals surface area contributed by atoms with Crippen LogP contribution in [0, 0.1) is 0 Å². The van der Waals surface area contributed by atoms with Crippen LogP contribution in [-0.2, 0) is 0 Å². The molecule has 2 atom stereocenters. The van der Waals surface area contributed by atoms with Crippen LogP contribution >= 0.6 is 0 Å². The van der Waals surface area contributed by atoms with E-state index in [1.807, 2.05) is 0 Å². The molecule has 10 heavy (non-hydrogen) atoms. The molecule has 2 heteroatoms. The molecule has 0 aliphatic heterocycles. The minimum absolute atomic E-state index is 0. The van der Waals surface area contributed by atoms with Gasteiger partial charge in [-0.2, -0.15) is 0 Å². The maximum absolute atomic E-state index is 4.51. The second kappa shape index (κ2) is 7.66. The minimum atomic E-state index is 0. The van der Waals surface area contributed by atoms with E-state index in [1.165, 1.54) is 12.8 Å². The van der Waals surface area contributed by atoms with E-state index < -0.39 is 0 Å². The molecule has 56 valence electrons. The Kier molecular flexibility index (Phi) is 10.1. The van der Waals surface area contributed by atoms with Gasteiger partial charge in [-0.25, -0.2) is 0 Å². The summed E-state index contributed by atoms with van der Waals surface area (Å²) in [5.41, 5.74) is 0. The average Bonchev–Trinajstić information content (AvgIpc) is 1.87. The second-order valence-electron chi connectivity index (χ2n) is 2.66. The summed E-state index contributed by atoms with van der Waals surface area (Å²) >= 11 is 0. The van der Waals surface area contributed by atoms with Crippen molar-refractivity contribution in [2.24, 2.45) is 0 Å². The molecule has 2 unspecified atom stereocenters. The van der Waals surface area contributed by atoms with Gasteiger partial charge in [0.2, 0.25) is 0 Å². The van der Waals surface area contributed by atoms with Crippen molar-refractivity contribution in [3.63, 3.8) is 0 Å². The first-order chi connectivity index (χ1) is 4.20. The summed E-state index contributed by atoms with van der Waals surface area (Å²) < 4.78 is 0. The Morgan fingerprint density at radius 2 is 1.30 bits per heavy atom. The molecule has 0 aliphatic carbocycles. The zero-order valence-corrected chi connectivity index (χ0v) is 8.02. The Morgan fingerprint density at radius 3 is 1.50 bits per heavy atom. The van der Waals surface area contributed by atoms with Crippen molar-refractivity contribution >= 4 is 0 Å².